The molecule has 112 valence electrons. The molecule has 0 unspecified atom stereocenters. The highest BCUT2D eigenvalue weighted by molar-refractivity contribution is 9.10. The number of rotatable bonds is 4. The monoisotopic (exact) mass is 373 g/mol. The third-order valence-electron chi connectivity index (χ3n) is 2.93. The molecule has 7 heteroatoms. The van der Waals surface area contributed by atoms with Crippen molar-refractivity contribution in [3.8, 4) is 5.75 Å². The van der Waals surface area contributed by atoms with Gasteiger partial charge in [0.1, 0.15) is 16.5 Å². The number of ether oxygens (including phenoxy) is 1. The molecule has 2 aromatic carbocycles. The maximum atomic E-state index is 13.5. The molecule has 4 nitrogen and oxygen atoms in total. The van der Waals surface area contributed by atoms with Crippen molar-refractivity contribution in [1.29, 1.82) is 0 Å². The highest BCUT2D eigenvalue weighted by atomic mass is 79.9. The first-order valence-corrected chi connectivity index (χ1v) is 8.24. The lowest BCUT2D eigenvalue weighted by atomic mass is 10.2. The predicted molar refractivity (Wildman–Crippen MR) is 82.6 cm³/mol. The van der Waals surface area contributed by atoms with Crippen molar-refractivity contribution in [3.63, 3.8) is 0 Å². The summed E-state index contributed by atoms with van der Waals surface area (Å²) in [6.07, 6.45) is 0. The first-order valence-electron chi connectivity index (χ1n) is 5.96. The average Bonchev–Trinajstić information content (AvgIpc) is 2.44. The normalized spacial score (nSPS) is 11.2. The zero-order valence-electron chi connectivity index (χ0n) is 11.4. The van der Waals surface area contributed by atoms with Crippen LogP contribution in [0.4, 0.5) is 10.1 Å². The van der Waals surface area contributed by atoms with E-state index in [0.717, 1.165) is 0 Å². The molecule has 0 spiro atoms. The van der Waals surface area contributed by atoms with E-state index in [1.165, 1.54) is 44.4 Å². The van der Waals surface area contributed by atoms with Gasteiger partial charge in [0.15, 0.2) is 0 Å². The van der Waals surface area contributed by atoms with E-state index in [0.29, 0.717) is 4.47 Å². The van der Waals surface area contributed by atoms with Gasteiger partial charge in [-0.15, -0.1) is 0 Å². The van der Waals surface area contributed by atoms with E-state index in [2.05, 4.69) is 20.7 Å². The van der Waals surface area contributed by atoms with Gasteiger partial charge in [-0.3, -0.25) is 4.72 Å². The van der Waals surface area contributed by atoms with Gasteiger partial charge in [0.25, 0.3) is 10.0 Å². The summed E-state index contributed by atoms with van der Waals surface area (Å²) in [4.78, 5) is -0.0250. The summed E-state index contributed by atoms with van der Waals surface area (Å²) >= 11 is 3.22. The second-order valence-electron chi connectivity index (χ2n) is 4.31. The Morgan fingerprint density at radius 2 is 1.95 bits per heavy atom. The van der Waals surface area contributed by atoms with E-state index in [4.69, 9.17) is 4.74 Å². The van der Waals surface area contributed by atoms with Crippen LogP contribution < -0.4 is 9.46 Å². The molecule has 0 bridgehead atoms. The number of anilines is 1. The first-order chi connectivity index (χ1) is 9.85. The quantitative estimate of drug-likeness (QED) is 0.888. The van der Waals surface area contributed by atoms with E-state index in [1.54, 1.807) is 6.07 Å². The molecule has 1 N–H and O–H groups in total. The van der Waals surface area contributed by atoms with Crippen molar-refractivity contribution in [2.24, 2.45) is 0 Å². The summed E-state index contributed by atoms with van der Waals surface area (Å²) in [6.45, 7) is 1.51. The number of nitrogens with one attached hydrogen (secondary N) is 1. The number of hydrogen-bond donors (Lipinski definition) is 1. The Morgan fingerprint density at radius 3 is 2.62 bits per heavy atom. The molecule has 0 aliphatic heterocycles. The molecule has 0 atom stereocenters. The molecule has 0 aliphatic carbocycles. The van der Waals surface area contributed by atoms with Crippen LogP contribution >= 0.6 is 15.9 Å². The van der Waals surface area contributed by atoms with Crippen LogP contribution in [0.1, 0.15) is 5.56 Å². The predicted octanol–water partition coefficient (Wildman–Crippen LogP) is 3.71. The highest BCUT2D eigenvalue weighted by Crippen LogP contribution is 2.29. The molecule has 0 aromatic heterocycles. The molecule has 0 radical (unpaired) electrons. The largest absolute Gasteiger partial charge is 0.495 e. The lowest BCUT2D eigenvalue weighted by Gasteiger charge is -2.13. The second kappa shape index (κ2) is 6.03. The highest BCUT2D eigenvalue weighted by Gasteiger charge is 2.21. The van der Waals surface area contributed by atoms with E-state index < -0.39 is 15.8 Å². The van der Waals surface area contributed by atoms with Crippen LogP contribution in [0.15, 0.2) is 45.8 Å². The van der Waals surface area contributed by atoms with Crippen molar-refractivity contribution in [2.75, 3.05) is 11.8 Å². The lowest BCUT2D eigenvalue weighted by Crippen LogP contribution is -2.15. The third-order valence-corrected chi connectivity index (χ3v) is 4.81. The van der Waals surface area contributed by atoms with Gasteiger partial charge in [-0.2, -0.15) is 0 Å². The van der Waals surface area contributed by atoms with Gasteiger partial charge in [0, 0.05) is 10.0 Å². The maximum absolute atomic E-state index is 13.5. The Labute approximate surface area is 131 Å². The zero-order valence-corrected chi connectivity index (χ0v) is 13.8. The standard InChI is InChI=1S/C14H13BrFNO3S/c1-9-11(16)4-3-5-12(9)17-21(18,19)14-8-10(15)6-7-13(14)20-2/h3-8,17H,1-2H3. The lowest BCUT2D eigenvalue weighted by molar-refractivity contribution is 0.403. The Balaban J connectivity index is 2.48. The van der Waals surface area contributed by atoms with Crippen LogP contribution in [0.5, 0.6) is 5.75 Å². The number of hydrogen-bond acceptors (Lipinski definition) is 3. The van der Waals surface area contributed by atoms with Gasteiger partial charge < -0.3 is 4.74 Å². The van der Waals surface area contributed by atoms with E-state index >= 15 is 0 Å². The molecule has 0 saturated heterocycles. The molecular formula is C14H13BrFNO3S. The molecule has 2 aromatic rings. The number of halogens is 2. The van der Waals surface area contributed by atoms with Gasteiger partial charge in [-0.05, 0) is 37.3 Å². The fraction of sp³-hybridized carbons (Fsp3) is 0.143. The minimum absolute atomic E-state index is 0.0250. The van der Waals surface area contributed by atoms with Gasteiger partial charge in [0.2, 0.25) is 0 Å². The number of benzene rings is 2. The van der Waals surface area contributed by atoms with Crippen LogP contribution in [0.2, 0.25) is 0 Å². The molecule has 2 rings (SSSR count). The van der Waals surface area contributed by atoms with E-state index in [1.807, 2.05) is 0 Å². The average molecular weight is 374 g/mol. The molecule has 0 heterocycles. The van der Waals surface area contributed by atoms with Crippen molar-refractivity contribution in [1.82, 2.24) is 0 Å². The summed E-state index contributed by atoms with van der Waals surface area (Å²) in [6, 6.07) is 8.85. The molecular weight excluding hydrogens is 361 g/mol. The minimum atomic E-state index is -3.89. The van der Waals surface area contributed by atoms with E-state index in [9.17, 15) is 12.8 Å². The fourth-order valence-electron chi connectivity index (χ4n) is 1.78. The smallest absolute Gasteiger partial charge is 0.265 e. The summed E-state index contributed by atoms with van der Waals surface area (Å²) in [5.74, 6) is -0.267. The summed E-state index contributed by atoms with van der Waals surface area (Å²) in [7, 11) is -2.50. The van der Waals surface area contributed by atoms with Gasteiger partial charge >= 0.3 is 0 Å². The Morgan fingerprint density at radius 1 is 1.24 bits per heavy atom. The molecule has 0 amide bonds. The van der Waals surface area contributed by atoms with Crippen molar-refractivity contribution >= 4 is 31.6 Å². The number of methoxy groups -OCH3 is 1. The molecule has 0 saturated carbocycles. The molecule has 0 aliphatic rings. The number of sulfonamides is 1. The molecule has 21 heavy (non-hydrogen) atoms. The Kier molecular flexibility index (Phi) is 4.53. The maximum Gasteiger partial charge on any atom is 0.265 e. The first kappa shape index (κ1) is 15.8. The van der Waals surface area contributed by atoms with Crippen LogP contribution in [0.3, 0.4) is 0 Å². The van der Waals surface area contributed by atoms with Crippen LogP contribution in [-0.2, 0) is 10.0 Å². The third kappa shape index (κ3) is 3.36. The van der Waals surface area contributed by atoms with Crippen LogP contribution in [-0.4, -0.2) is 15.5 Å². The van der Waals surface area contributed by atoms with Gasteiger partial charge in [-0.1, -0.05) is 22.0 Å². The zero-order chi connectivity index (χ0) is 15.6. The van der Waals surface area contributed by atoms with Gasteiger partial charge in [0.05, 0.1) is 12.8 Å². The summed E-state index contributed by atoms with van der Waals surface area (Å²) in [5, 5.41) is 0. The van der Waals surface area contributed by atoms with Crippen LogP contribution in [0.25, 0.3) is 0 Å². The Hall–Kier alpha value is -1.60. The summed E-state index contributed by atoms with van der Waals surface area (Å²) in [5.41, 5.74) is 0.423. The molecule has 0 fully saturated rings. The van der Waals surface area contributed by atoms with Crippen molar-refractivity contribution in [3.05, 3.63) is 52.3 Å². The second-order valence-corrected chi connectivity index (χ2v) is 6.88. The van der Waals surface area contributed by atoms with E-state index in [-0.39, 0.29) is 21.9 Å². The minimum Gasteiger partial charge on any atom is -0.495 e. The van der Waals surface area contributed by atoms with Crippen molar-refractivity contribution < 1.29 is 17.5 Å². The van der Waals surface area contributed by atoms with Crippen molar-refractivity contribution in [2.45, 2.75) is 11.8 Å². The van der Waals surface area contributed by atoms with Crippen LogP contribution in [0, 0.1) is 12.7 Å². The Bertz CT molecular complexity index is 778. The topological polar surface area (TPSA) is 55.4 Å². The fourth-order valence-corrected chi connectivity index (χ4v) is 3.61. The van der Waals surface area contributed by atoms with Gasteiger partial charge in [-0.25, -0.2) is 12.8 Å². The SMILES string of the molecule is COc1ccc(Br)cc1S(=O)(=O)Nc1cccc(F)c1C. The summed E-state index contributed by atoms with van der Waals surface area (Å²) < 4.78 is 46.5.